The molecule has 0 aliphatic carbocycles. The summed E-state index contributed by atoms with van der Waals surface area (Å²) in [4.78, 5) is 22.5. The van der Waals surface area contributed by atoms with Crippen molar-refractivity contribution >= 4 is 11.9 Å². The van der Waals surface area contributed by atoms with Crippen molar-refractivity contribution in [1.29, 1.82) is 0 Å². The second-order valence-electron chi connectivity index (χ2n) is 4.58. The summed E-state index contributed by atoms with van der Waals surface area (Å²) < 4.78 is 3.15. The number of rotatable bonds is 6. The molecule has 0 saturated heterocycles. The van der Waals surface area contributed by atoms with Crippen molar-refractivity contribution in [3.63, 3.8) is 0 Å². The average molecular weight is 291 g/mol. The van der Waals surface area contributed by atoms with Crippen LogP contribution in [-0.2, 0) is 24.4 Å². The van der Waals surface area contributed by atoms with Crippen molar-refractivity contribution < 1.29 is 14.7 Å². The number of hydrogen-bond donors (Lipinski definition) is 2. The first kappa shape index (κ1) is 14.8. The van der Waals surface area contributed by atoms with Crippen LogP contribution < -0.4 is 5.32 Å². The van der Waals surface area contributed by atoms with Gasteiger partial charge >= 0.3 is 5.97 Å². The van der Waals surface area contributed by atoms with Crippen molar-refractivity contribution in [2.75, 3.05) is 0 Å². The van der Waals surface area contributed by atoms with E-state index in [0.717, 1.165) is 17.8 Å². The van der Waals surface area contributed by atoms with Gasteiger partial charge in [0.1, 0.15) is 6.54 Å². The average Bonchev–Trinajstić information content (AvgIpc) is 3.03. The molecule has 2 aromatic rings. The Hall–Kier alpha value is -2.64. The van der Waals surface area contributed by atoms with E-state index in [9.17, 15) is 9.59 Å². The lowest BCUT2D eigenvalue weighted by molar-refractivity contribution is -0.122. The number of carboxylic acids is 1. The Balaban J connectivity index is 1.89. The van der Waals surface area contributed by atoms with E-state index in [4.69, 9.17) is 5.11 Å². The molecule has 0 bridgehead atoms. The summed E-state index contributed by atoms with van der Waals surface area (Å²) in [6, 6.07) is 0. The molecule has 0 aromatic carbocycles. The van der Waals surface area contributed by atoms with Crippen LogP contribution in [0.4, 0.5) is 0 Å². The normalized spacial score (nSPS) is 10.6. The maximum Gasteiger partial charge on any atom is 0.338 e. The maximum atomic E-state index is 11.8. The smallest absolute Gasteiger partial charge is 0.338 e. The number of aryl methyl sites for hydroxylation is 1. The van der Waals surface area contributed by atoms with Crippen molar-refractivity contribution in [1.82, 2.24) is 24.9 Å². The first-order valence-electron chi connectivity index (χ1n) is 6.55. The minimum absolute atomic E-state index is 0.0196. The Morgan fingerprint density at radius 1 is 1.33 bits per heavy atom. The zero-order chi connectivity index (χ0) is 15.4. The zero-order valence-electron chi connectivity index (χ0n) is 11.9. The zero-order valence-corrected chi connectivity index (χ0v) is 11.9. The summed E-state index contributed by atoms with van der Waals surface area (Å²) in [6.45, 7) is 5.10. The predicted molar refractivity (Wildman–Crippen MR) is 73.7 cm³/mol. The molecule has 0 aliphatic heterocycles. The van der Waals surface area contributed by atoms with E-state index in [2.05, 4.69) is 15.5 Å². The van der Waals surface area contributed by atoms with Gasteiger partial charge in [-0.05, 0) is 13.8 Å². The van der Waals surface area contributed by atoms with Crippen LogP contribution in [0.15, 0.2) is 18.6 Å². The summed E-state index contributed by atoms with van der Waals surface area (Å²) in [7, 11) is 0. The van der Waals surface area contributed by atoms with Crippen molar-refractivity contribution in [2.24, 2.45) is 0 Å². The van der Waals surface area contributed by atoms with E-state index >= 15 is 0 Å². The highest BCUT2D eigenvalue weighted by molar-refractivity contribution is 5.87. The molecule has 2 heterocycles. The van der Waals surface area contributed by atoms with E-state index < -0.39 is 5.97 Å². The molecule has 8 nitrogen and oxygen atoms in total. The van der Waals surface area contributed by atoms with Gasteiger partial charge in [-0.2, -0.15) is 10.2 Å². The van der Waals surface area contributed by atoms with E-state index in [-0.39, 0.29) is 18.0 Å². The molecule has 0 unspecified atom stereocenters. The maximum absolute atomic E-state index is 11.8. The summed E-state index contributed by atoms with van der Waals surface area (Å²) >= 11 is 0. The first-order chi connectivity index (χ1) is 10.0. The van der Waals surface area contributed by atoms with E-state index in [1.807, 2.05) is 18.5 Å². The molecule has 0 aliphatic rings. The van der Waals surface area contributed by atoms with Crippen LogP contribution in [0.3, 0.4) is 0 Å². The number of hydrogen-bond acceptors (Lipinski definition) is 4. The Bertz CT molecular complexity index is 659. The molecule has 2 N–H and O–H groups in total. The number of aromatic carboxylic acids is 1. The highest BCUT2D eigenvalue weighted by atomic mass is 16.4. The molecule has 0 fully saturated rings. The minimum Gasteiger partial charge on any atom is -0.478 e. The summed E-state index contributed by atoms with van der Waals surface area (Å²) in [5.41, 5.74) is 2.03. The van der Waals surface area contributed by atoms with E-state index in [1.54, 1.807) is 6.20 Å². The lowest BCUT2D eigenvalue weighted by Gasteiger charge is -2.05. The summed E-state index contributed by atoms with van der Waals surface area (Å²) in [6.07, 6.45) is 4.27. The number of carboxylic acid groups (broad SMARTS) is 1. The fraction of sp³-hybridized carbons (Fsp3) is 0.385. The van der Waals surface area contributed by atoms with Gasteiger partial charge < -0.3 is 10.4 Å². The Morgan fingerprint density at radius 2 is 2.10 bits per heavy atom. The van der Waals surface area contributed by atoms with Crippen LogP contribution in [0.1, 0.15) is 28.5 Å². The minimum atomic E-state index is -1.07. The van der Waals surface area contributed by atoms with Gasteiger partial charge in [-0.15, -0.1) is 0 Å². The molecule has 8 heteroatoms. The number of nitrogens with zero attached hydrogens (tertiary/aromatic N) is 4. The van der Waals surface area contributed by atoms with Crippen LogP contribution in [0.5, 0.6) is 0 Å². The van der Waals surface area contributed by atoms with Crippen molar-refractivity contribution in [3.05, 3.63) is 35.4 Å². The molecular formula is C13H17N5O3. The third kappa shape index (κ3) is 3.47. The number of nitrogens with one attached hydrogen (secondary N) is 1. The van der Waals surface area contributed by atoms with Crippen molar-refractivity contribution in [3.8, 4) is 0 Å². The van der Waals surface area contributed by atoms with Crippen LogP contribution >= 0.6 is 0 Å². The first-order valence-corrected chi connectivity index (χ1v) is 6.55. The van der Waals surface area contributed by atoms with Gasteiger partial charge in [0.2, 0.25) is 5.91 Å². The lowest BCUT2D eigenvalue weighted by atomic mass is 10.2. The van der Waals surface area contributed by atoms with Gasteiger partial charge in [0, 0.05) is 30.5 Å². The quantitative estimate of drug-likeness (QED) is 0.803. The number of carbonyl (C=O) groups excluding carboxylic acids is 1. The predicted octanol–water partition coefficient (Wildman–Crippen LogP) is 0.423. The van der Waals surface area contributed by atoms with Gasteiger partial charge in [-0.1, -0.05) is 0 Å². The summed E-state index contributed by atoms with van der Waals surface area (Å²) in [5.74, 6) is -1.30. The van der Waals surface area contributed by atoms with E-state index in [0.29, 0.717) is 6.54 Å². The SMILES string of the molecule is CCn1ncc(CNC(=O)Cn2cc(C(=O)O)cn2)c1C. The highest BCUT2D eigenvalue weighted by Gasteiger charge is 2.10. The Morgan fingerprint density at radius 3 is 2.67 bits per heavy atom. The molecule has 112 valence electrons. The van der Waals surface area contributed by atoms with Gasteiger partial charge in [-0.25, -0.2) is 4.79 Å². The largest absolute Gasteiger partial charge is 0.478 e. The van der Waals surface area contributed by atoms with E-state index in [1.165, 1.54) is 17.1 Å². The summed E-state index contributed by atoms with van der Waals surface area (Å²) in [5, 5.41) is 19.6. The fourth-order valence-corrected chi connectivity index (χ4v) is 1.93. The Labute approximate surface area is 121 Å². The topological polar surface area (TPSA) is 102 Å². The van der Waals surface area contributed by atoms with Gasteiger partial charge in [0.05, 0.1) is 18.0 Å². The third-order valence-electron chi connectivity index (χ3n) is 3.17. The van der Waals surface area contributed by atoms with Crippen LogP contribution in [0.2, 0.25) is 0 Å². The molecule has 1 amide bonds. The third-order valence-corrected chi connectivity index (χ3v) is 3.17. The molecular weight excluding hydrogens is 274 g/mol. The molecule has 0 saturated carbocycles. The highest BCUT2D eigenvalue weighted by Crippen LogP contribution is 2.06. The molecule has 21 heavy (non-hydrogen) atoms. The van der Waals surface area contributed by atoms with Gasteiger partial charge in [-0.3, -0.25) is 14.2 Å². The van der Waals surface area contributed by atoms with Crippen LogP contribution in [-0.4, -0.2) is 36.5 Å². The fourth-order valence-electron chi connectivity index (χ4n) is 1.93. The van der Waals surface area contributed by atoms with Gasteiger partial charge in [0.15, 0.2) is 0 Å². The Kier molecular flexibility index (Phi) is 4.36. The van der Waals surface area contributed by atoms with Crippen LogP contribution in [0, 0.1) is 6.92 Å². The molecule has 0 radical (unpaired) electrons. The molecule has 2 aromatic heterocycles. The number of carbonyl (C=O) groups is 2. The molecule has 0 atom stereocenters. The second-order valence-corrected chi connectivity index (χ2v) is 4.58. The van der Waals surface area contributed by atoms with Crippen LogP contribution in [0.25, 0.3) is 0 Å². The molecule has 0 spiro atoms. The monoisotopic (exact) mass is 291 g/mol. The number of amides is 1. The second kappa shape index (κ2) is 6.21. The number of aromatic nitrogens is 4. The van der Waals surface area contributed by atoms with Gasteiger partial charge in [0.25, 0.3) is 0 Å². The lowest BCUT2D eigenvalue weighted by Crippen LogP contribution is -2.27. The molecule has 2 rings (SSSR count). The standard InChI is InChI=1S/C13H17N5O3/c1-3-18-9(2)10(5-16-18)4-14-12(19)8-17-7-11(6-15-17)13(20)21/h5-7H,3-4,8H2,1-2H3,(H,14,19)(H,20,21). The van der Waals surface area contributed by atoms with Crippen molar-refractivity contribution in [2.45, 2.75) is 33.5 Å².